The fraction of sp³-hybridized carbons (Fsp3) is 0.579. The van der Waals surface area contributed by atoms with E-state index in [0.29, 0.717) is 18.2 Å². The summed E-state index contributed by atoms with van der Waals surface area (Å²) in [6.45, 7) is 6.39. The Morgan fingerprint density at radius 3 is 2.64 bits per heavy atom. The molecule has 1 aromatic carbocycles. The lowest BCUT2D eigenvalue weighted by Crippen LogP contribution is -2.43. The highest BCUT2D eigenvalue weighted by atomic mass is 16.5. The average molecular weight is 347 g/mol. The maximum Gasteiger partial charge on any atom is 0.411 e. The van der Waals surface area contributed by atoms with E-state index in [1.165, 1.54) is 19.3 Å². The first-order valence-electron chi connectivity index (χ1n) is 9.08. The van der Waals surface area contributed by atoms with Crippen molar-refractivity contribution in [3.05, 3.63) is 23.8 Å². The Bertz CT molecular complexity index is 604. The van der Waals surface area contributed by atoms with Crippen LogP contribution in [0.25, 0.3) is 0 Å². The van der Waals surface area contributed by atoms with Crippen molar-refractivity contribution in [3.63, 3.8) is 0 Å². The van der Waals surface area contributed by atoms with Crippen molar-refractivity contribution in [2.45, 2.75) is 52.5 Å². The lowest BCUT2D eigenvalue weighted by atomic mass is 9.86. The Kier molecular flexibility index (Phi) is 7.10. The molecule has 1 fully saturated rings. The quantitative estimate of drug-likeness (QED) is 0.733. The third kappa shape index (κ3) is 5.66. The van der Waals surface area contributed by atoms with Crippen molar-refractivity contribution in [2.75, 3.05) is 23.8 Å². The van der Waals surface area contributed by atoms with Gasteiger partial charge in [-0.05, 0) is 50.3 Å². The molecular weight excluding hydrogens is 318 g/mol. The fourth-order valence-corrected chi connectivity index (χ4v) is 3.20. The molecule has 2 amide bonds. The molecular formula is C19H29N3O3. The first kappa shape index (κ1) is 19.1. The van der Waals surface area contributed by atoms with E-state index >= 15 is 0 Å². The molecule has 0 bridgehead atoms. The van der Waals surface area contributed by atoms with Gasteiger partial charge in [0.2, 0.25) is 5.91 Å². The lowest BCUT2D eigenvalue weighted by molar-refractivity contribution is -0.120. The summed E-state index contributed by atoms with van der Waals surface area (Å²) in [5.74, 6) is 0.540. The summed E-state index contributed by atoms with van der Waals surface area (Å²) in [6.07, 6.45) is 4.20. The van der Waals surface area contributed by atoms with Crippen molar-refractivity contribution in [2.24, 2.45) is 5.92 Å². The van der Waals surface area contributed by atoms with Crippen LogP contribution in [0.2, 0.25) is 0 Å². The number of benzene rings is 1. The van der Waals surface area contributed by atoms with Gasteiger partial charge in [0, 0.05) is 17.4 Å². The zero-order valence-electron chi connectivity index (χ0n) is 15.4. The van der Waals surface area contributed by atoms with Crippen LogP contribution < -0.4 is 16.0 Å². The Labute approximate surface area is 149 Å². The summed E-state index contributed by atoms with van der Waals surface area (Å²) in [6, 6.07) is 5.81. The Hall–Kier alpha value is -2.24. The smallest absolute Gasteiger partial charge is 0.411 e. The summed E-state index contributed by atoms with van der Waals surface area (Å²) in [7, 11) is 0. The van der Waals surface area contributed by atoms with E-state index < -0.39 is 6.09 Å². The average Bonchev–Trinajstić information content (AvgIpc) is 2.58. The van der Waals surface area contributed by atoms with Crippen LogP contribution in [0, 0.1) is 12.8 Å². The van der Waals surface area contributed by atoms with Gasteiger partial charge in [0.15, 0.2) is 0 Å². The van der Waals surface area contributed by atoms with Gasteiger partial charge in [-0.3, -0.25) is 10.1 Å². The van der Waals surface area contributed by atoms with Crippen LogP contribution >= 0.6 is 0 Å². The van der Waals surface area contributed by atoms with Crippen LogP contribution in [0.1, 0.15) is 45.1 Å². The second kappa shape index (κ2) is 9.30. The van der Waals surface area contributed by atoms with Crippen LogP contribution in [0.3, 0.4) is 0 Å². The van der Waals surface area contributed by atoms with Gasteiger partial charge >= 0.3 is 6.09 Å². The van der Waals surface area contributed by atoms with Gasteiger partial charge in [0.25, 0.3) is 0 Å². The molecule has 0 aliphatic heterocycles. The molecule has 1 aliphatic carbocycles. The number of carbonyl (C=O) groups is 2. The zero-order chi connectivity index (χ0) is 18.2. The highest BCUT2D eigenvalue weighted by Crippen LogP contribution is 2.24. The predicted octanol–water partition coefficient (Wildman–Crippen LogP) is 3.67. The number of amides is 2. The third-order valence-corrected chi connectivity index (χ3v) is 4.74. The molecule has 25 heavy (non-hydrogen) atoms. The Morgan fingerprint density at radius 2 is 1.92 bits per heavy atom. The Morgan fingerprint density at radius 1 is 1.20 bits per heavy atom. The van der Waals surface area contributed by atoms with Crippen molar-refractivity contribution >= 4 is 23.4 Å². The second-order valence-corrected chi connectivity index (χ2v) is 6.61. The zero-order valence-corrected chi connectivity index (χ0v) is 15.4. The van der Waals surface area contributed by atoms with Crippen LogP contribution in [0.15, 0.2) is 18.2 Å². The molecule has 1 aliphatic rings. The predicted molar refractivity (Wildman–Crippen MR) is 99.9 cm³/mol. The third-order valence-electron chi connectivity index (χ3n) is 4.74. The molecule has 3 N–H and O–H groups in total. The van der Waals surface area contributed by atoms with Gasteiger partial charge in [-0.25, -0.2) is 4.79 Å². The van der Waals surface area contributed by atoms with Crippen LogP contribution in [-0.4, -0.2) is 31.2 Å². The van der Waals surface area contributed by atoms with Crippen molar-refractivity contribution in [1.82, 2.24) is 5.32 Å². The van der Waals surface area contributed by atoms with E-state index in [-0.39, 0.29) is 18.5 Å². The molecule has 0 heterocycles. The number of hydrogen-bond acceptors (Lipinski definition) is 4. The highest BCUT2D eigenvalue weighted by molar-refractivity contribution is 5.87. The largest absolute Gasteiger partial charge is 0.450 e. The summed E-state index contributed by atoms with van der Waals surface area (Å²) in [5, 5.41) is 9.00. The maximum absolute atomic E-state index is 12.2. The van der Waals surface area contributed by atoms with Crippen molar-refractivity contribution < 1.29 is 14.3 Å². The number of anilines is 2. The van der Waals surface area contributed by atoms with E-state index in [0.717, 1.165) is 17.7 Å². The summed E-state index contributed by atoms with van der Waals surface area (Å²) in [5.41, 5.74) is 2.36. The molecule has 2 atom stereocenters. The van der Waals surface area contributed by atoms with E-state index in [2.05, 4.69) is 22.9 Å². The molecule has 6 nitrogen and oxygen atoms in total. The molecule has 1 saturated carbocycles. The van der Waals surface area contributed by atoms with Crippen LogP contribution in [0.5, 0.6) is 0 Å². The number of rotatable bonds is 6. The normalized spacial score (nSPS) is 19.8. The number of carbonyl (C=O) groups excluding carboxylic acids is 2. The molecule has 0 unspecified atom stereocenters. The standard InChI is InChI=1S/C19H29N3O3/c1-4-25-19(24)22-17-11-7-10-16(14(17)3)20-12-18(23)21-15-9-6-5-8-13(15)2/h7,10-11,13,15,20H,4-6,8-9,12H2,1-3H3,(H,21,23)(H,22,24)/t13-,15+/m0/s1. The molecule has 6 heteroatoms. The summed E-state index contributed by atoms with van der Waals surface area (Å²) < 4.78 is 4.90. The minimum Gasteiger partial charge on any atom is -0.450 e. The van der Waals surface area contributed by atoms with E-state index in [1.54, 1.807) is 13.0 Å². The fourth-order valence-electron chi connectivity index (χ4n) is 3.20. The summed E-state index contributed by atoms with van der Waals surface area (Å²) >= 11 is 0. The van der Waals surface area contributed by atoms with E-state index in [4.69, 9.17) is 4.74 Å². The molecule has 2 rings (SSSR count). The minimum absolute atomic E-state index is 0.00176. The van der Waals surface area contributed by atoms with Gasteiger partial charge < -0.3 is 15.4 Å². The molecule has 138 valence electrons. The SMILES string of the molecule is CCOC(=O)Nc1cccc(NCC(=O)N[C@@H]2CCCC[C@@H]2C)c1C. The topological polar surface area (TPSA) is 79.5 Å². The van der Waals surface area contributed by atoms with Gasteiger partial charge in [-0.15, -0.1) is 0 Å². The molecule has 0 spiro atoms. The van der Waals surface area contributed by atoms with Crippen LogP contribution in [0.4, 0.5) is 16.2 Å². The highest BCUT2D eigenvalue weighted by Gasteiger charge is 2.22. The van der Waals surface area contributed by atoms with E-state index in [9.17, 15) is 9.59 Å². The molecule has 0 saturated heterocycles. The van der Waals surface area contributed by atoms with Gasteiger partial charge in [-0.1, -0.05) is 25.8 Å². The van der Waals surface area contributed by atoms with Crippen molar-refractivity contribution in [3.8, 4) is 0 Å². The van der Waals surface area contributed by atoms with Gasteiger partial charge in [0.05, 0.1) is 13.2 Å². The van der Waals surface area contributed by atoms with Gasteiger partial charge in [0.1, 0.15) is 0 Å². The number of nitrogens with one attached hydrogen (secondary N) is 3. The number of ether oxygens (including phenoxy) is 1. The van der Waals surface area contributed by atoms with E-state index in [1.807, 2.05) is 19.1 Å². The minimum atomic E-state index is -0.480. The van der Waals surface area contributed by atoms with Crippen LogP contribution in [-0.2, 0) is 9.53 Å². The monoisotopic (exact) mass is 347 g/mol. The van der Waals surface area contributed by atoms with Crippen molar-refractivity contribution in [1.29, 1.82) is 0 Å². The Balaban J connectivity index is 1.89. The first-order valence-corrected chi connectivity index (χ1v) is 9.08. The molecule has 0 aromatic heterocycles. The summed E-state index contributed by atoms with van der Waals surface area (Å²) in [4.78, 5) is 23.8. The number of hydrogen-bond donors (Lipinski definition) is 3. The second-order valence-electron chi connectivity index (χ2n) is 6.61. The maximum atomic E-state index is 12.2. The van der Waals surface area contributed by atoms with Gasteiger partial charge in [-0.2, -0.15) is 0 Å². The molecule has 1 aromatic rings. The first-order chi connectivity index (χ1) is 12.0. The molecule has 0 radical (unpaired) electrons. The lowest BCUT2D eigenvalue weighted by Gasteiger charge is -2.29.